The monoisotopic (exact) mass is 509 g/mol. The number of H-pyrrole nitrogens is 1. The molecule has 0 fully saturated rings. The number of carbonyl (C=O) groups is 3. The summed E-state index contributed by atoms with van der Waals surface area (Å²) in [6.45, 7) is 6.95. The highest BCUT2D eigenvalue weighted by molar-refractivity contribution is 6.11. The van der Waals surface area contributed by atoms with Crippen LogP contribution in [-0.2, 0) is 4.74 Å². The molecule has 5 rings (SSSR count). The number of amides is 2. The van der Waals surface area contributed by atoms with Gasteiger partial charge in [-0.25, -0.2) is 4.79 Å². The second kappa shape index (κ2) is 10.5. The van der Waals surface area contributed by atoms with Crippen molar-refractivity contribution in [2.75, 3.05) is 19.7 Å². The van der Waals surface area contributed by atoms with Crippen molar-refractivity contribution >= 4 is 28.7 Å². The van der Waals surface area contributed by atoms with Crippen molar-refractivity contribution in [3.63, 3.8) is 0 Å². The molecule has 2 amide bonds. The average Bonchev–Trinajstić information content (AvgIpc) is 3.51. The maximum Gasteiger partial charge on any atom is 0.407 e. The quantitative estimate of drug-likeness (QED) is 0.296. The summed E-state index contributed by atoms with van der Waals surface area (Å²) in [5.74, 6) is -0.349. The van der Waals surface area contributed by atoms with Crippen molar-refractivity contribution in [3.8, 4) is 11.1 Å². The number of aromatic amines is 1. The number of rotatable bonds is 8. The third kappa shape index (κ3) is 4.56. The SMILES string of the molecule is CCN(CC)C(=O)c1ccc2c(C(=O)[C@@H](C)NC(=O)OCC3c4ccccc4-c4ccccc43)c[nH]c2c1. The van der Waals surface area contributed by atoms with Crippen LogP contribution in [0.25, 0.3) is 22.0 Å². The van der Waals surface area contributed by atoms with E-state index in [-0.39, 0.29) is 24.2 Å². The number of aromatic nitrogens is 1. The van der Waals surface area contributed by atoms with Crippen LogP contribution in [-0.4, -0.2) is 53.4 Å². The van der Waals surface area contributed by atoms with Gasteiger partial charge in [0, 0.05) is 47.2 Å². The number of benzene rings is 3. The van der Waals surface area contributed by atoms with Crippen molar-refractivity contribution in [2.45, 2.75) is 32.7 Å². The van der Waals surface area contributed by atoms with Gasteiger partial charge in [0.25, 0.3) is 5.91 Å². The number of hydrogen-bond acceptors (Lipinski definition) is 4. The van der Waals surface area contributed by atoms with E-state index in [4.69, 9.17) is 4.74 Å². The van der Waals surface area contributed by atoms with Gasteiger partial charge in [-0.1, -0.05) is 54.6 Å². The van der Waals surface area contributed by atoms with Gasteiger partial charge in [-0.2, -0.15) is 0 Å². The van der Waals surface area contributed by atoms with Gasteiger partial charge >= 0.3 is 6.09 Å². The molecule has 0 spiro atoms. The van der Waals surface area contributed by atoms with Crippen LogP contribution in [0, 0.1) is 0 Å². The van der Waals surface area contributed by atoms with Crippen molar-refractivity contribution in [1.29, 1.82) is 0 Å². The number of ether oxygens (including phenoxy) is 1. The van der Waals surface area contributed by atoms with Crippen molar-refractivity contribution in [2.24, 2.45) is 0 Å². The van der Waals surface area contributed by atoms with Crippen molar-refractivity contribution < 1.29 is 19.1 Å². The number of nitrogens with one attached hydrogen (secondary N) is 2. The van der Waals surface area contributed by atoms with E-state index in [0.29, 0.717) is 35.1 Å². The lowest BCUT2D eigenvalue weighted by Crippen LogP contribution is -2.39. The average molecular weight is 510 g/mol. The van der Waals surface area contributed by atoms with E-state index in [1.54, 1.807) is 36.2 Å². The Bertz CT molecular complexity index is 1470. The first kappa shape index (κ1) is 25.3. The summed E-state index contributed by atoms with van der Waals surface area (Å²) in [4.78, 5) is 43.4. The van der Waals surface area contributed by atoms with Gasteiger partial charge in [-0.05, 0) is 55.2 Å². The fraction of sp³-hybridized carbons (Fsp3) is 0.258. The van der Waals surface area contributed by atoms with Gasteiger partial charge in [0.1, 0.15) is 6.61 Å². The Hall–Kier alpha value is -4.39. The number of nitrogens with zero attached hydrogens (tertiary/aromatic N) is 1. The van der Waals surface area contributed by atoms with E-state index in [1.165, 1.54) is 0 Å². The molecule has 1 heterocycles. The topological polar surface area (TPSA) is 91.5 Å². The van der Waals surface area contributed by atoms with Crippen LogP contribution in [0.1, 0.15) is 58.5 Å². The zero-order valence-electron chi connectivity index (χ0n) is 21.8. The Morgan fingerprint density at radius 1 is 0.947 bits per heavy atom. The number of alkyl carbamates (subject to hydrolysis) is 1. The van der Waals surface area contributed by atoms with Gasteiger partial charge < -0.3 is 19.9 Å². The zero-order chi connectivity index (χ0) is 26.8. The summed E-state index contributed by atoms with van der Waals surface area (Å²) in [7, 11) is 0. The molecule has 0 radical (unpaired) electrons. The lowest BCUT2D eigenvalue weighted by atomic mass is 9.98. The maximum atomic E-state index is 13.2. The molecule has 0 bridgehead atoms. The van der Waals surface area contributed by atoms with E-state index >= 15 is 0 Å². The highest BCUT2D eigenvalue weighted by atomic mass is 16.5. The van der Waals surface area contributed by atoms with Crippen LogP contribution in [0.5, 0.6) is 0 Å². The summed E-state index contributed by atoms with van der Waals surface area (Å²) in [5, 5.41) is 3.38. The molecule has 0 aliphatic heterocycles. The third-order valence-corrected chi connectivity index (χ3v) is 7.32. The lowest BCUT2D eigenvalue weighted by Gasteiger charge is -2.18. The zero-order valence-corrected chi connectivity index (χ0v) is 21.8. The predicted octanol–water partition coefficient (Wildman–Crippen LogP) is 5.76. The summed E-state index contributed by atoms with van der Waals surface area (Å²) < 4.78 is 5.60. The number of hydrogen-bond donors (Lipinski definition) is 2. The van der Waals surface area contributed by atoms with Crippen LogP contribution < -0.4 is 5.32 Å². The Morgan fingerprint density at radius 2 is 1.58 bits per heavy atom. The summed E-state index contributed by atoms with van der Waals surface area (Å²) in [6, 6.07) is 20.8. The summed E-state index contributed by atoms with van der Waals surface area (Å²) in [5.41, 5.74) is 6.27. The summed E-state index contributed by atoms with van der Waals surface area (Å²) in [6.07, 6.45) is 0.980. The minimum Gasteiger partial charge on any atom is -0.449 e. The summed E-state index contributed by atoms with van der Waals surface area (Å²) >= 11 is 0. The van der Waals surface area contributed by atoms with Gasteiger partial charge in [0.15, 0.2) is 5.78 Å². The van der Waals surface area contributed by atoms with Crippen LogP contribution >= 0.6 is 0 Å². The standard InChI is InChI=1S/C31H31N3O4/c1-4-34(5-2)30(36)20-14-15-25-26(17-32-28(25)16-20)29(35)19(3)33-31(37)38-18-27-23-12-8-6-10-21(23)22-11-7-9-13-24(22)27/h6-17,19,27,32H,4-5,18H2,1-3H3,(H,33,37)/t19-/m1/s1. The van der Waals surface area contributed by atoms with Gasteiger partial charge in [-0.15, -0.1) is 0 Å². The predicted molar refractivity (Wildman–Crippen MR) is 148 cm³/mol. The van der Waals surface area contributed by atoms with E-state index < -0.39 is 12.1 Å². The minimum absolute atomic E-state index is 0.0512. The molecule has 1 aliphatic carbocycles. The normalized spacial score (nSPS) is 13.0. The highest BCUT2D eigenvalue weighted by Crippen LogP contribution is 2.44. The maximum absolute atomic E-state index is 13.2. The Balaban J connectivity index is 1.25. The van der Waals surface area contributed by atoms with Crippen LogP contribution in [0.4, 0.5) is 4.79 Å². The molecule has 4 aromatic rings. The van der Waals surface area contributed by atoms with Crippen molar-refractivity contribution in [1.82, 2.24) is 15.2 Å². The molecule has 1 aliphatic rings. The first-order valence-electron chi connectivity index (χ1n) is 13.0. The van der Waals surface area contributed by atoms with E-state index in [9.17, 15) is 14.4 Å². The van der Waals surface area contributed by atoms with Gasteiger partial charge in [0.05, 0.1) is 6.04 Å². The molecule has 3 aromatic carbocycles. The lowest BCUT2D eigenvalue weighted by molar-refractivity contribution is 0.0773. The molecular formula is C31H31N3O4. The largest absolute Gasteiger partial charge is 0.449 e. The number of fused-ring (bicyclic) bond motifs is 4. The third-order valence-electron chi connectivity index (χ3n) is 7.32. The van der Waals surface area contributed by atoms with Crippen molar-refractivity contribution in [3.05, 3.63) is 95.2 Å². The van der Waals surface area contributed by atoms with Crippen LogP contribution in [0.15, 0.2) is 72.9 Å². The fourth-order valence-corrected chi connectivity index (χ4v) is 5.27. The molecule has 0 unspecified atom stereocenters. The molecule has 2 N–H and O–H groups in total. The fourth-order valence-electron chi connectivity index (χ4n) is 5.27. The minimum atomic E-state index is -0.790. The second-order valence-corrected chi connectivity index (χ2v) is 9.50. The number of Topliss-reactive ketones (excluding diaryl/α,β-unsaturated/α-hetero) is 1. The first-order valence-corrected chi connectivity index (χ1v) is 13.0. The highest BCUT2D eigenvalue weighted by Gasteiger charge is 2.29. The molecule has 1 atom stereocenters. The van der Waals surface area contributed by atoms with E-state index in [0.717, 1.165) is 22.3 Å². The Kier molecular flexibility index (Phi) is 7.01. The van der Waals surface area contributed by atoms with Crippen LogP contribution in [0.2, 0.25) is 0 Å². The number of ketones is 1. The molecule has 0 saturated carbocycles. The van der Waals surface area contributed by atoms with E-state index in [1.807, 2.05) is 38.1 Å². The second-order valence-electron chi connectivity index (χ2n) is 9.50. The molecule has 194 valence electrons. The molecular weight excluding hydrogens is 478 g/mol. The molecule has 38 heavy (non-hydrogen) atoms. The Labute approximate surface area is 221 Å². The van der Waals surface area contributed by atoms with Gasteiger partial charge in [0.2, 0.25) is 0 Å². The molecule has 0 saturated heterocycles. The Morgan fingerprint density at radius 3 is 2.21 bits per heavy atom. The molecule has 7 heteroatoms. The smallest absolute Gasteiger partial charge is 0.407 e. The number of carbonyl (C=O) groups excluding carboxylic acids is 3. The van der Waals surface area contributed by atoms with E-state index in [2.05, 4.69) is 34.6 Å². The van der Waals surface area contributed by atoms with Gasteiger partial charge in [-0.3, -0.25) is 9.59 Å². The molecule has 7 nitrogen and oxygen atoms in total. The molecule has 1 aromatic heterocycles. The van der Waals surface area contributed by atoms with Crippen LogP contribution in [0.3, 0.4) is 0 Å². The first-order chi connectivity index (χ1) is 18.4.